The molecule has 0 aliphatic carbocycles. The van der Waals surface area contributed by atoms with Crippen molar-refractivity contribution in [3.8, 4) is 0 Å². The molecule has 0 atom stereocenters. The molecule has 0 radical (unpaired) electrons. The molecule has 0 aliphatic heterocycles. The van der Waals surface area contributed by atoms with Gasteiger partial charge in [0.05, 0.1) is 5.56 Å². The second-order valence-corrected chi connectivity index (χ2v) is 6.15. The molecule has 1 rings (SSSR count). The minimum atomic E-state index is -4.07. The predicted octanol–water partition coefficient (Wildman–Crippen LogP) is 2.38. The van der Waals surface area contributed by atoms with E-state index in [9.17, 15) is 13.2 Å². The molecule has 0 heterocycles. The quantitative estimate of drug-likeness (QED) is 0.851. The number of carboxylic acid groups (broad SMARTS) is 1. The molecule has 15 heavy (non-hydrogen) atoms. The normalized spacial score (nSPS) is 11.4. The molecule has 0 bridgehead atoms. The predicted molar refractivity (Wildman–Crippen MR) is 58.9 cm³/mol. The van der Waals surface area contributed by atoms with Crippen LogP contribution >= 0.6 is 26.6 Å². The second-order valence-electron chi connectivity index (χ2n) is 2.79. The van der Waals surface area contributed by atoms with Crippen LogP contribution in [0.4, 0.5) is 0 Å². The number of aromatic carboxylic acids is 1. The molecule has 0 spiro atoms. The maximum absolute atomic E-state index is 11.2. The van der Waals surface area contributed by atoms with Crippen LogP contribution < -0.4 is 0 Å². The summed E-state index contributed by atoms with van der Waals surface area (Å²) in [5, 5.41) is 8.81. The average Bonchev–Trinajstić information content (AvgIpc) is 2.06. The number of hydrogen-bond donors (Lipinski definition) is 1. The van der Waals surface area contributed by atoms with Crippen LogP contribution in [0.3, 0.4) is 0 Å². The van der Waals surface area contributed by atoms with Gasteiger partial charge in [0.1, 0.15) is 4.90 Å². The third kappa shape index (κ3) is 2.50. The van der Waals surface area contributed by atoms with Crippen molar-refractivity contribution >= 4 is 41.6 Å². The van der Waals surface area contributed by atoms with Gasteiger partial charge in [0.15, 0.2) is 0 Å². The summed E-state index contributed by atoms with van der Waals surface area (Å²) < 4.78 is 22.9. The van der Waals surface area contributed by atoms with Gasteiger partial charge in [0.25, 0.3) is 9.05 Å². The lowest BCUT2D eigenvalue weighted by atomic mass is 10.1. The van der Waals surface area contributed by atoms with Crippen molar-refractivity contribution in [2.75, 3.05) is 0 Å². The fourth-order valence-electron chi connectivity index (χ4n) is 1.15. The Balaban J connectivity index is 3.72. The monoisotopic (exact) mass is 312 g/mol. The van der Waals surface area contributed by atoms with E-state index in [-0.39, 0.29) is 16.0 Å². The summed E-state index contributed by atoms with van der Waals surface area (Å²) in [5.41, 5.74) is -0.0457. The zero-order valence-electron chi connectivity index (χ0n) is 7.49. The molecule has 4 nitrogen and oxygen atoms in total. The maximum Gasteiger partial charge on any atom is 0.337 e. The van der Waals surface area contributed by atoms with E-state index in [2.05, 4.69) is 15.9 Å². The van der Waals surface area contributed by atoms with Crippen LogP contribution in [-0.4, -0.2) is 19.5 Å². The fourth-order valence-corrected chi connectivity index (χ4v) is 3.10. The van der Waals surface area contributed by atoms with Gasteiger partial charge >= 0.3 is 5.97 Å². The van der Waals surface area contributed by atoms with E-state index >= 15 is 0 Å². The van der Waals surface area contributed by atoms with Crippen LogP contribution in [0.25, 0.3) is 0 Å². The summed E-state index contributed by atoms with van der Waals surface area (Å²) in [6.45, 7) is 1.48. The molecular formula is C8H6BrClO4S. The van der Waals surface area contributed by atoms with E-state index in [4.69, 9.17) is 15.8 Å². The lowest BCUT2D eigenvalue weighted by Crippen LogP contribution is -2.07. The smallest absolute Gasteiger partial charge is 0.337 e. The van der Waals surface area contributed by atoms with Gasteiger partial charge < -0.3 is 5.11 Å². The number of carbonyl (C=O) groups is 1. The SMILES string of the molecule is Cc1c(Br)ccc(C(=O)O)c1S(=O)(=O)Cl. The lowest BCUT2D eigenvalue weighted by Gasteiger charge is -2.07. The van der Waals surface area contributed by atoms with E-state index in [0.717, 1.165) is 0 Å². The van der Waals surface area contributed by atoms with Gasteiger partial charge in [-0.25, -0.2) is 13.2 Å². The molecule has 1 aromatic carbocycles. The van der Waals surface area contributed by atoms with Crippen LogP contribution in [0.2, 0.25) is 0 Å². The van der Waals surface area contributed by atoms with Gasteiger partial charge in [0.2, 0.25) is 0 Å². The van der Waals surface area contributed by atoms with Crippen LogP contribution in [0, 0.1) is 6.92 Å². The first-order valence-corrected chi connectivity index (χ1v) is 6.82. The first-order chi connectivity index (χ1) is 6.75. The number of halogens is 2. The van der Waals surface area contributed by atoms with Crippen molar-refractivity contribution in [2.24, 2.45) is 0 Å². The number of benzene rings is 1. The van der Waals surface area contributed by atoms with Crippen molar-refractivity contribution in [3.63, 3.8) is 0 Å². The molecule has 0 saturated heterocycles. The summed E-state index contributed by atoms with van der Waals surface area (Å²) in [6.07, 6.45) is 0. The molecular weight excluding hydrogens is 308 g/mol. The molecule has 1 N–H and O–H groups in total. The largest absolute Gasteiger partial charge is 0.478 e. The summed E-state index contributed by atoms with van der Waals surface area (Å²) in [7, 11) is 1.10. The number of hydrogen-bond acceptors (Lipinski definition) is 3. The Hall–Kier alpha value is -0.590. The highest BCUT2D eigenvalue weighted by atomic mass is 79.9. The highest BCUT2D eigenvalue weighted by Gasteiger charge is 2.23. The highest BCUT2D eigenvalue weighted by molar-refractivity contribution is 9.10. The van der Waals surface area contributed by atoms with Crippen molar-refractivity contribution in [1.29, 1.82) is 0 Å². The molecule has 7 heteroatoms. The van der Waals surface area contributed by atoms with Gasteiger partial charge in [-0.1, -0.05) is 15.9 Å². The zero-order valence-corrected chi connectivity index (χ0v) is 10.6. The minimum Gasteiger partial charge on any atom is -0.478 e. The third-order valence-corrected chi connectivity index (χ3v) is 4.15. The topological polar surface area (TPSA) is 71.4 Å². The second kappa shape index (κ2) is 4.11. The Bertz CT molecular complexity index is 524. The van der Waals surface area contributed by atoms with Crippen LogP contribution in [-0.2, 0) is 9.05 Å². The Morgan fingerprint density at radius 3 is 2.40 bits per heavy atom. The Labute approximate surface area is 99.4 Å². The lowest BCUT2D eigenvalue weighted by molar-refractivity contribution is 0.0692. The third-order valence-electron chi connectivity index (χ3n) is 1.81. The van der Waals surface area contributed by atoms with Gasteiger partial charge in [0, 0.05) is 15.2 Å². The fraction of sp³-hybridized carbons (Fsp3) is 0.125. The van der Waals surface area contributed by atoms with Crippen LogP contribution in [0.15, 0.2) is 21.5 Å². The molecule has 82 valence electrons. The van der Waals surface area contributed by atoms with Gasteiger partial charge in [-0.2, -0.15) is 0 Å². The molecule has 0 aliphatic rings. The van der Waals surface area contributed by atoms with Gasteiger partial charge in [-0.15, -0.1) is 0 Å². The van der Waals surface area contributed by atoms with Crippen molar-refractivity contribution < 1.29 is 18.3 Å². The van der Waals surface area contributed by atoms with Gasteiger partial charge in [-0.3, -0.25) is 0 Å². The van der Waals surface area contributed by atoms with Crippen molar-refractivity contribution in [3.05, 3.63) is 27.7 Å². The van der Waals surface area contributed by atoms with Crippen LogP contribution in [0.5, 0.6) is 0 Å². The first-order valence-electron chi connectivity index (χ1n) is 3.72. The average molecular weight is 314 g/mol. The molecule has 0 aromatic heterocycles. The van der Waals surface area contributed by atoms with E-state index in [1.165, 1.54) is 19.1 Å². The molecule has 0 fully saturated rings. The van der Waals surface area contributed by atoms with Crippen molar-refractivity contribution in [1.82, 2.24) is 0 Å². The molecule has 1 aromatic rings. The van der Waals surface area contributed by atoms with Crippen molar-refractivity contribution in [2.45, 2.75) is 11.8 Å². The Kier molecular flexibility index (Phi) is 3.42. The molecule has 0 amide bonds. The Morgan fingerprint density at radius 2 is 2.00 bits per heavy atom. The molecule has 0 saturated carbocycles. The molecule has 0 unspecified atom stereocenters. The Morgan fingerprint density at radius 1 is 1.47 bits per heavy atom. The summed E-state index contributed by atoms with van der Waals surface area (Å²) >= 11 is 3.11. The summed E-state index contributed by atoms with van der Waals surface area (Å²) in [4.78, 5) is 10.4. The zero-order chi connectivity index (χ0) is 11.8. The maximum atomic E-state index is 11.2. The minimum absolute atomic E-state index is 0.282. The van der Waals surface area contributed by atoms with E-state index in [0.29, 0.717) is 4.47 Å². The van der Waals surface area contributed by atoms with E-state index in [1.807, 2.05) is 0 Å². The number of carboxylic acids is 1. The van der Waals surface area contributed by atoms with E-state index < -0.39 is 15.0 Å². The van der Waals surface area contributed by atoms with Gasteiger partial charge in [-0.05, 0) is 24.6 Å². The van der Waals surface area contributed by atoms with Crippen LogP contribution in [0.1, 0.15) is 15.9 Å². The first kappa shape index (κ1) is 12.5. The summed E-state index contributed by atoms with van der Waals surface area (Å²) in [5.74, 6) is -1.33. The number of rotatable bonds is 2. The van der Waals surface area contributed by atoms with E-state index in [1.54, 1.807) is 0 Å². The standard InChI is InChI=1S/C8H6BrClO4S/c1-4-6(9)3-2-5(8(11)12)7(4)15(10,13)14/h2-3H,1H3,(H,11,12). The highest BCUT2D eigenvalue weighted by Crippen LogP contribution is 2.29. The summed E-state index contributed by atoms with van der Waals surface area (Å²) in [6, 6.07) is 2.65.